The molecule has 0 radical (unpaired) electrons. The van der Waals surface area contributed by atoms with Crippen molar-refractivity contribution in [3.05, 3.63) is 40.4 Å². The molecule has 5 rings (SSSR count). The number of piperidine rings is 1. The number of benzene rings is 2. The van der Waals surface area contributed by atoms with Gasteiger partial charge in [-0.15, -0.1) is 0 Å². The number of aliphatic imine (C=N–C) groups is 1. The molecule has 3 heterocycles. The van der Waals surface area contributed by atoms with Crippen LogP contribution in [0.5, 0.6) is 11.5 Å². The highest BCUT2D eigenvalue weighted by Crippen LogP contribution is 2.46. The summed E-state index contributed by atoms with van der Waals surface area (Å²) < 4.78 is 20.9. The van der Waals surface area contributed by atoms with Crippen molar-refractivity contribution >= 4 is 39.2 Å². The molecule has 1 spiro atoms. The fourth-order valence-electron chi connectivity index (χ4n) is 4.86. The summed E-state index contributed by atoms with van der Waals surface area (Å²) in [6.07, 6.45) is 2.81. The third kappa shape index (κ3) is 3.34. The van der Waals surface area contributed by atoms with Crippen molar-refractivity contribution in [2.75, 3.05) is 56.9 Å². The molecule has 158 valence electrons. The standard InChI is InChI=1S/C23H27BrN4O2/c1-29-21-5-4-17(24)9-20(21)28-15-26-11-16-8-19(22(30-2)10-18(16)28)27-13-23(14-27)6-3-7-25-12-23/h4-5,8-11,25H,3,6-7,12-15H2,1-2H3/i11D. The van der Waals surface area contributed by atoms with Crippen molar-refractivity contribution in [2.45, 2.75) is 12.8 Å². The lowest BCUT2D eigenvalue weighted by molar-refractivity contribution is 0.156. The minimum absolute atomic E-state index is 0.304. The van der Waals surface area contributed by atoms with Crippen LogP contribution in [0.2, 0.25) is 0 Å². The number of halogens is 1. The van der Waals surface area contributed by atoms with Gasteiger partial charge >= 0.3 is 0 Å². The molecule has 0 unspecified atom stereocenters. The molecule has 30 heavy (non-hydrogen) atoms. The summed E-state index contributed by atoms with van der Waals surface area (Å²) in [5.41, 5.74) is 4.03. The average Bonchev–Trinajstić information content (AvgIpc) is 2.77. The minimum atomic E-state index is 0.304. The average molecular weight is 472 g/mol. The van der Waals surface area contributed by atoms with Crippen LogP contribution in [0, 0.1) is 5.41 Å². The SMILES string of the molecule is [2H]C1=NCN(c2cc(Br)ccc2OC)c2cc(OC)c(N3CC4(CCCNC4)C3)cc21. The first-order valence-corrected chi connectivity index (χ1v) is 11.1. The number of nitrogens with one attached hydrogen (secondary N) is 1. The molecule has 0 aromatic heterocycles. The normalized spacial score (nSPS) is 20.2. The Bertz CT molecular complexity index is 1030. The van der Waals surface area contributed by atoms with Crippen molar-refractivity contribution < 1.29 is 10.8 Å². The Morgan fingerprint density at radius 2 is 1.93 bits per heavy atom. The van der Waals surface area contributed by atoms with E-state index in [4.69, 9.17) is 10.8 Å². The quantitative estimate of drug-likeness (QED) is 0.724. The van der Waals surface area contributed by atoms with Crippen molar-refractivity contribution in [2.24, 2.45) is 10.4 Å². The topological polar surface area (TPSA) is 49.3 Å². The molecule has 2 aromatic rings. The highest BCUT2D eigenvalue weighted by molar-refractivity contribution is 9.10. The minimum Gasteiger partial charge on any atom is -0.495 e. The summed E-state index contributed by atoms with van der Waals surface area (Å²) in [5, 5.41) is 3.55. The van der Waals surface area contributed by atoms with Crippen LogP contribution in [0.4, 0.5) is 17.1 Å². The van der Waals surface area contributed by atoms with Gasteiger partial charge in [-0.05, 0) is 43.7 Å². The number of nitrogens with zero attached hydrogens (tertiary/aromatic N) is 3. The largest absolute Gasteiger partial charge is 0.495 e. The number of rotatable bonds is 4. The second-order valence-corrected chi connectivity index (χ2v) is 9.25. The maximum Gasteiger partial charge on any atom is 0.144 e. The van der Waals surface area contributed by atoms with Crippen LogP contribution in [0.3, 0.4) is 0 Å². The number of methoxy groups -OCH3 is 2. The van der Waals surface area contributed by atoms with Crippen LogP contribution in [0.1, 0.15) is 19.8 Å². The lowest BCUT2D eigenvalue weighted by atomic mass is 9.73. The maximum absolute atomic E-state index is 8.49. The van der Waals surface area contributed by atoms with E-state index in [1.165, 1.54) is 12.8 Å². The zero-order valence-corrected chi connectivity index (χ0v) is 19.0. The summed E-state index contributed by atoms with van der Waals surface area (Å²) in [5.74, 6) is 1.58. The van der Waals surface area contributed by atoms with Gasteiger partial charge in [-0.2, -0.15) is 0 Å². The van der Waals surface area contributed by atoms with Crippen LogP contribution >= 0.6 is 15.9 Å². The van der Waals surface area contributed by atoms with Crippen molar-refractivity contribution in [3.8, 4) is 11.5 Å². The molecule has 2 saturated heterocycles. The molecular weight excluding hydrogens is 444 g/mol. The van der Waals surface area contributed by atoms with Gasteiger partial charge in [0.05, 0.1) is 32.7 Å². The fraction of sp³-hybridized carbons (Fsp3) is 0.435. The van der Waals surface area contributed by atoms with Gasteiger partial charge in [0.1, 0.15) is 18.2 Å². The number of anilines is 3. The lowest BCUT2D eigenvalue weighted by Gasteiger charge is -2.53. The number of fused-ring (bicyclic) bond motifs is 1. The van der Waals surface area contributed by atoms with Gasteiger partial charge in [0, 0.05) is 47.3 Å². The Hall–Kier alpha value is -2.25. The van der Waals surface area contributed by atoms with Gasteiger partial charge < -0.3 is 24.6 Å². The molecule has 1 N–H and O–H groups in total. The number of hydrogen-bond acceptors (Lipinski definition) is 6. The third-order valence-electron chi connectivity index (χ3n) is 6.39. The molecule has 0 amide bonds. The number of hydrogen-bond donors (Lipinski definition) is 1. The van der Waals surface area contributed by atoms with Crippen LogP contribution in [-0.2, 0) is 0 Å². The molecule has 6 nitrogen and oxygen atoms in total. The summed E-state index contributed by atoms with van der Waals surface area (Å²) in [4.78, 5) is 8.93. The van der Waals surface area contributed by atoms with Crippen molar-refractivity contribution in [3.63, 3.8) is 0 Å². The van der Waals surface area contributed by atoms with Crippen molar-refractivity contribution in [1.82, 2.24) is 5.32 Å². The van der Waals surface area contributed by atoms with Crippen LogP contribution in [0.25, 0.3) is 0 Å². The molecule has 0 aliphatic carbocycles. The van der Waals surface area contributed by atoms with E-state index < -0.39 is 0 Å². The number of ether oxygens (including phenoxy) is 2. The first-order valence-electron chi connectivity index (χ1n) is 10.8. The van der Waals surface area contributed by atoms with Gasteiger partial charge in [-0.1, -0.05) is 15.9 Å². The van der Waals surface area contributed by atoms with Gasteiger partial charge in [-0.25, -0.2) is 0 Å². The second kappa shape index (κ2) is 7.78. The zero-order chi connectivity index (χ0) is 21.6. The molecule has 0 saturated carbocycles. The highest BCUT2D eigenvalue weighted by atomic mass is 79.9. The van der Waals surface area contributed by atoms with Crippen LogP contribution in [-0.4, -0.2) is 53.3 Å². The van der Waals surface area contributed by atoms with E-state index in [1.54, 1.807) is 14.2 Å². The van der Waals surface area contributed by atoms with E-state index in [9.17, 15) is 0 Å². The molecular formula is C23H27BrN4O2. The molecule has 2 fully saturated rings. The Morgan fingerprint density at radius 3 is 2.67 bits per heavy atom. The molecule has 3 aliphatic heterocycles. The predicted molar refractivity (Wildman–Crippen MR) is 125 cm³/mol. The predicted octanol–water partition coefficient (Wildman–Crippen LogP) is 4.18. The molecule has 3 aliphatic rings. The maximum atomic E-state index is 8.49. The summed E-state index contributed by atoms with van der Waals surface area (Å²) >= 11 is 3.56. The monoisotopic (exact) mass is 471 g/mol. The Morgan fingerprint density at radius 1 is 1.10 bits per heavy atom. The third-order valence-corrected chi connectivity index (χ3v) is 6.88. The highest BCUT2D eigenvalue weighted by Gasteiger charge is 2.44. The van der Waals surface area contributed by atoms with Gasteiger partial charge in [0.25, 0.3) is 0 Å². The van der Waals surface area contributed by atoms with E-state index in [0.29, 0.717) is 18.3 Å². The molecule has 0 atom stereocenters. The van der Waals surface area contributed by atoms with Gasteiger partial charge in [0.15, 0.2) is 0 Å². The Labute approximate surface area is 187 Å². The zero-order valence-electron chi connectivity index (χ0n) is 18.4. The van der Waals surface area contributed by atoms with Crippen molar-refractivity contribution in [1.29, 1.82) is 0 Å². The van der Waals surface area contributed by atoms with E-state index in [-0.39, 0.29) is 0 Å². The van der Waals surface area contributed by atoms with Crippen LogP contribution in [0.15, 0.2) is 39.8 Å². The van der Waals surface area contributed by atoms with Gasteiger partial charge in [0.2, 0.25) is 0 Å². The summed E-state index contributed by atoms with van der Waals surface area (Å²) in [6.45, 7) is 4.60. The van der Waals surface area contributed by atoms with E-state index in [0.717, 1.165) is 64.8 Å². The van der Waals surface area contributed by atoms with Gasteiger partial charge in [-0.3, -0.25) is 4.99 Å². The first kappa shape index (κ1) is 18.5. The van der Waals surface area contributed by atoms with E-state index >= 15 is 0 Å². The van der Waals surface area contributed by atoms with Crippen LogP contribution < -0.4 is 24.6 Å². The molecule has 2 aromatic carbocycles. The summed E-state index contributed by atoms with van der Waals surface area (Å²) in [6, 6.07) is 10.0. The molecule has 0 bridgehead atoms. The Balaban J connectivity index is 1.53. The smallest absolute Gasteiger partial charge is 0.144 e. The fourth-order valence-corrected chi connectivity index (χ4v) is 5.21. The van der Waals surface area contributed by atoms with E-state index in [2.05, 4.69) is 42.1 Å². The Kier molecular flexibility index (Phi) is 4.80. The first-order chi connectivity index (χ1) is 15.0. The summed E-state index contributed by atoms with van der Waals surface area (Å²) in [7, 11) is 3.38. The lowest BCUT2D eigenvalue weighted by Crippen LogP contribution is -2.62. The second-order valence-electron chi connectivity index (χ2n) is 8.33. The van der Waals surface area contributed by atoms with E-state index in [1.807, 2.05) is 24.3 Å². The molecule has 7 heteroatoms.